The second-order valence-corrected chi connectivity index (χ2v) is 8.44. The van der Waals surface area contributed by atoms with E-state index in [1.54, 1.807) is 18.2 Å². The lowest BCUT2D eigenvalue weighted by Crippen LogP contribution is -2.49. The molecular weight excluding hydrogens is 370 g/mol. The smallest absolute Gasteiger partial charge is 0.278 e. The lowest BCUT2D eigenvalue weighted by atomic mass is 9.90. The van der Waals surface area contributed by atoms with E-state index in [4.69, 9.17) is 4.74 Å². The van der Waals surface area contributed by atoms with E-state index >= 15 is 0 Å². The number of ether oxygens (including phenoxy) is 1. The number of fused-ring (bicyclic) bond motifs is 1. The van der Waals surface area contributed by atoms with Crippen LogP contribution in [0.15, 0.2) is 24.3 Å². The number of hydrogen-bond donors (Lipinski definition) is 0. The predicted molar refractivity (Wildman–Crippen MR) is 109 cm³/mol. The fourth-order valence-corrected chi connectivity index (χ4v) is 3.22. The number of benzene rings is 1. The largest absolute Gasteiger partial charge is 0.478 e. The Morgan fingerprint density at radius 3 is 2.41 bits per heavy atom. The van der Waals surface area contributed by atoms with E-state index in [9.17, 15) is 14.4 Å². The van der Waals surface area contributed by atoms with E-state index in [2.05, 4.69) is 5.10 Å². The summed E-state index contributed by atoms with van der Waals surface area (Å²) >= 11 is 0. The van der Waals surface area contributed by atoms with Crippen molar-refractivity contribution < 1.29 is 19.1 Å². The number of aromatic nitrogens is 2. The molecule has 0 aliphatic carbocycles. The van der Waals surface area contributed by atoms with Gasteiger partial charge in [0.05, 0.1) is 17.9 Å². The molecule has 0 fully saturated rings. The van der Waals surface area contributed by atoms with Crippen molar-refractivity contribution in [3.8, 4) is 5.75 Å². The Morgan fingerprint density at radius 2 is 1.86 bits per heavy atom. The Kier molecular flexibility index (Phi) is 5.34. The summed E-state index contributed by atoms with van der Waals surface area (Å²) < 4.78 is 7.16. The third kappa shape index (κ3) is 3.95. The Balaban J connectivity index is 2.03. The molecule has 2 heterocycles. The van der Waals surface area contributed by atoms with Crippen LogP contribution in [0.3, 0.4) is 0 Å². The van der Waals surface area contributed by atoms with Gasteiger partial charge in [0.1, 0.15) is 5.75 Å². The van der Waals surface area contributed by atoms with Crippen LogP contribution < -0.4 is 9.64 Å². The molecule has 0 bridgehead atoms. The molecule has 0 unspecified atom stereocenters. The lowest BCUT2D eigenvalue weighted by molar-refractivity contribution is -0.130. The third-order valence-corrected chi connectivity index (χ3v) is 5.02. The highest BCUT2D eigenvalue weighted by molar-refractivity contribution is 6.06. The number of nitrogens with zero attached hydrogens (tertiary/aromatic N) is 3. The standard InChI is InChI=1S/C22H27N3O4/c1-7-17-21(28)24(12-19(26)22(4,5)6)16-11-15(8-9-18(16)29-17)20(27)25-14(3)10-13(2)23-25/h8-11,17H,7,12H2,1-6H3/t17-/m0/s1. The Hall–Kier alpha value is -2.96. The van der Waals surface area contributed by atoms with Crippen LogP contribution in [0, 0.1) is 19.3 Å². The number of Topliss-reactive ketones (excluding diaryl/α,β-unsaturated/α-hetero) is 1. The van der Waals surface area contributed by atoms with Gasteiger partial charge in [0, 0.05) is 16.7 Å². The van der Waals surface area contributed by atoms with Crippen molar-refractivity contribution in [1.29, 1.82) is 0 Å². The average molecular weight is 397 g/mol. The topological polar surface area (TPSA) is 81.5 Å². The molecule has 7 nitrogen and oxygen atoms in total. The molecule has 0 saturated carbocycles. The summed E-state index contributed by atoms with van der Waals surface area (Å²) in [5.41, 5.74) is 1.69. The highest BCUT2D eigenvalue weighted by Crippen LogP contribution is 2.36. The van der Waals surface area contributed by atoms with Gasteiger partial charge in [0.15, 0.2) is 11.9 Å². The van der Waals surface area contributed by atoms with Crippen molar-refractivity contribution in [3.63, 3.8) is 0 Å². The van der Waals surface area contributed by atoms with Gasteiger partial charge < -0.3 is 4.74 Å². The number of hydrogen-bond acceptors (Lipinski definition) is 5. The van der Waals surface area contributed by atoms with Crippen molar-refractivity contribution in [2.45, 2.75) is 54.1 Å². The number of ketones is 1. The number of aryl methyl sites for hydroxylation is 2. The molecule has 1 aromatic heterocycles. The van der Waals surface area contributed by atoms with E-state index in [0.29, 0.717) is 23.4 Å². The molecule has 0 N–H and O–H groups in total. The van der Waals surface area contributed by atoms with Gasteiger partial charge in [-0.25, -0.2) is 4.68 Å². The number of amides is 1. The van der Waals surface area contributed by atoms with Crippen LogP contribution in [-0.2, 0) is 9.59 Å². The zero-order chi connectivity index (χ0) is 21.5. The minimum atomic E-state index is -0.646. The van der Waals surface area contributed by atoms with Crippen molar-refractivity contribution in [3.05, 3.63) is 41.2 Å². The van der Waals surface area contributed by atoms with Gasteiger partial charge in [-0.2, -0.15) is 5.10 Å². The molecule has 0 radical (unpaired) electrons. The zero-order valence-corrected chi connectivity index (χ0v) is 17.8. The molecule has 1 aromatic carbocycles. The second kappa shape index (κ2) is 7.46. The quantitative estimate of drug-likeness (QED) is 0.791. The van der Waals surface area contributed by atoms with Crippen LogP contribution in [0.2, 0.25) is 0 Å². The fourth-order valence-electron chi connectivity index (χ4n) is 3.22. The maximum Gasteiger partial charge on any atom is 0.278 e. The van der Waals surface area contributed by atoms with Crippen LogP contribution in [0.1, 0.15) is 55.9 Å². The van der Waals surface area contributed by atoms with Crippen molar-refractivity contribution in [1.82, 2.24) is 9.78 Å². The molecule has 0 spiro atoms. The molecule has 3 rings (SSSR count). The van der Waals surface area contributed by atoms with Crippen LogP contribution in [-0.4, -0.2) is 40.0 Å². The van der Waals surface area contributed by atoms with Crippen LogP contribution in [0.4, 0.5) is 5.69 Å². The summed E-state index contributed by atoms with van der Waals surface area (Å²) in [5, 5.41) is 4.24. The molecule has 154 valence electrons. The lowest BCUT2D eigenvalue weighted by Gasteiger charge is -2.35. The van der Waals surface area contributed by atoms with Gasteiger partial charge in [-0.1, -0.05) is 27.7 Å². The molecule has 1 atom stereocenters. The van der Waals surface area contributed by atoms with Crippen molar-refractivity contribution >= 4 is 23.3 Å². The SMILES string of the molecule is CC[C@@H]1Oc2ccc(C(=O)n3nc(C)cc3C)cc2N(CC(=O)C(C)(C)C)C1=O. The number of anilines is 1. The van der Waals surface area contributed by atoms with Gasteiger partial charge in [-0.05, 0) is 44.5 Å². The Bertz CT molecular complexity index is 984. The summed E-state index contributed by atoms with van der Waals surface area (Å²) in [7, 11) is 0. The third-order valence-electron chi connectivity index (χ3n) is 5.02. The zero-order valence-electron chi connectivity index (χ0n) is 17.8. The first-order chi connectivity index (χ1) is 13.5. The van der Waals surface area contributed by atoms with E-state index < -0.39 is 11.5 Å². The first-order valence-corrected chi connectivity index (χ1v) is 9.76. The summed E-state index contributed by atoms with van der Waals surface area (Å²) in [6.07, 6.45) is -0.155. The number of carbonyl (C=O) groups excluding carboxylic acids is 3. The highest BCUT2D eigenvalue weighted by atomic mass is 16.5. The monoisotopic (exact) mass is 397 g/mol. The minimum Gasteiger partial charge on any atom is -0.478 e. The maximum absolute atomic E-state index is 12.9. The minimum absolute atomic E-state index is 0.0628. The summed E-state index contributed by atoms with van der Waals surface area (Å²) in [5.74, 6) is -0.147. The Labute approximate surface area is 170 Å². The van der Waals surface area contributed by atoms with Crippen molar-refractivity contribution in [2.24, 2.45) is 5.41 Å². The first-order valence-electron chi connectivity index (χ1n) is 9.76. The van der Waals surface area contributed by atoms with Gasteiger partial charge >= 0.3 is 0 Å². The van der Waals surface area contributed by atoms with Crippen LogP contribution >= 0.6 is 0 Å². The summed E-state index contributed by atoms with van der Waals surface area (Å²) in [4.78, 5) is 40.0. The average Bonchev–Trinajstić information content (AvgIpc) is 2.99. The normalized spacial score (nSPS) is 16.4. The summed E-state index contributed by atoms with van der Waals surface area (Å²) in [6.45, 7) is 10.9. The fraction of sp³-hybridized carbons (Fsp3) is 0.455. The molecule has 2 aromatic rings. The molecule has 0 saturated heterocycles. The van der Waals surface area contributed by atoms with Gasteiger partial charge in [-0.15, -0.1) is 0 Å². The number of carbonyl (C=O) groups is 3. The predicted octanol–water partition coefficient (Wildman–Crippen LogP) is 3.31. The van der Waals surface area contributed by atoms with E-state index in [-0.39, 0.29) is 24.1 Å². The molecular formula is C22H27N3O4. The molecule has 7 heteroatoms. The van der Waals surface area contributed by atoms with Gasteiger partial charge in [0.2, 0.25) is 0 Å². The highest BCUT2D eigenvalue weighted by Gasteiger charge is 2.36. The van der Waals surface area contributed by atoms with Crippen LogP contribution in [0.5, 0.6) is 5.75 Å². The molecule has 1 aliphatic rings. The van der Waals surface area contributed by atoms with E-state index in [1.165, 1.54) is 9.58 Å². The molecule has 29 heavy (non-hydrogen) atoms. The van der Waals surface area contributed by atoms with Gasteiger partial charge in [-0.3, -0.25) is 19.3 Å². The van der Waals surface area contributed by atoms with Gasteiger partial charge in [0.25, 0.3) is 11.8 Å². The first kappa shape index (κ1) is 20.8. The van der Waals surface area contributed by atoms with E-state index in [1.807, 2.05) is 47.6 Å². The number of rotatable bonds is 4. The molecule has 1 amide bonds. The van der Waals surface area contributed by atoms with Crippen LogP contribution in [0.25, 0.3) is 0 Å². The Morgan fingerprint density at radius 1 is 1.17 bits per heavy atom. The van der Waals surface area contributed by atoms with Crippen molar-refractivity contribution in [2.75, 3.05) is 11.4 Å². The maximum atomic E-state index is 12.9. The summed E-state index contributed by atoms with van der Waals surface area (Å²) in [6, 6.07) is 6.76. The molecule has 1 aliphatic heterocycles. The second-order valence-electron chi connectivity index (χ2n) is 8.44. The van der Waals surface area contributed by atoms with E-state index in [0.717, 1.165) is 11.4 Å².